The largest absolute Gasteiger partial charge is 0 e. The molecule has 0 heterocycles. The van der Waals surface area contributed by atoms with Crippen LogP contribution < -0.4 is 0 Å². The van der Waals surface area contributed by atoms with E-state index in [2.05, 4.69) is 0 Å². The van der Waals surface area contributed by atoms with E-state index in [1.807, 2.05) is 0 Å². The molecule has 0 aliphatic heterocycles. The first-order valence-electron chi connectivity index (χ1n) is 0. The van der Waals surface area contributed by atoms with Gasteiger partial charge in [-0.25, -0.2) is 0 Å². The average molecular weight is 199 g/mol. The van der Waals surface area contributed by atoms with Gasteiger partial charge in [0.25, 0.3) is 0 Å². The Morgan fingerprint density at radius 2 is 0.800 bits per heavy atom. The van der Waals surface area contributed by atoms with E-state index >= 15 is 0 Å². The average Bonchev–Trinajstić information content (AvgIpc) is 0. The van der Waals surface area contributed by atoms with E-state index < -0.39 is 0 Å². The maximum absolute atomic E-state index is 0. The van der Waals surface area contributed by atoms with Gasteiger partial charge in [-0.3, -0.25) is 0 Å². The van der Waals surface area contributed by atoms with Crippen molar-refractivity contribution in [2.75, 3.05) is 0 Å². The summed E-state index contributed by atoms with van der Waals surface area (Å²) in [6.45, 7) is 0. The molecule has 0 aromatic carbocycles. The third kappa shape index (κ3) is 23.5. The van der Waals surface area contributed by atoms with Crippen molar-refractivity contribution in [2.45, 2.75) is 0 Å². The molecule has 38 valence electrons. The predicted octanol–water partition coefficient (Wildman–Crippen LogP) is -1.48. The molecule has 0 saturated carbocycles. The molecule has 0 aromatic rings. The summed E-state index contributed by atoms with van der Waals surface area (Å²) >= 11 is 0. The second-order valence-electron chi connectivity index (χ2n) is 0. The van der Waals surface area contributed by atoms with Gasteiger partial charge in [0, 0.05) is 50.1 Å². The second-order valence-corrected chi connectivity index (χ2v) is 0. The van der Waals surface area contributed by atoms with Crippen LogP contribution in [0.2, 0.25) is 0 Å². The molecule has 0 aliphatic carbocycles. The van der Waals surface area contributed by atoms with E-state index in [9.17, 15) is 0 Å². The van der Waals surface area contributed by atoms with Gasteiger partial charge in [-0.15, -0.1) is 0 Å². The zero-order valence-electron chi connectivity index (χ0n) is 1.49. The summed E-state index contributed by atoms with van der Waals surface area (Å²) in [7, 11) is 0. The third-order valence-corrected chi connectivity index (χ3v) is 0. The molecule has 0 aliphatic rings. The summed E-state index contributed by atoms with van der Waals surface area (Å²) in [5, 5.41) is 0. The van der Waals surface area contributed by atoms with Crippen LogP contribution in [0.25, 0.3) is 0 Å². The molecule has 0 fully saturated rings. The number of rotatable bonds is 0. The molecule has 2 N–H and O–H groups in total. The SMILES string of the molecule is O.[Fe].[LiH].[Ni].[Ni]. The van der Waals surface area contributed by atoms with Crippen molar-refractivity contribution in [3.05, 3.63) is 0 Å². The van der Waals surface area contributed by atoms with E-state index in [1.54, 1.807) is 0 Å². The molecule has 5 heavy (non-hydrogen) atoms. The van der Waals surface area contributed by atoms with Crippen molar-refractivity contribution in [3.63, 3.8) is 0 Å². The van der Waals surface area contributed by atoms with Gasteiger partial charge in [0.1, 0.15) is 0 Å². The summed E-state index contributed by atoms with van der Waals surface area (Å²) < 4.78 is 0. The van der Waals surface area contributed by atoms with Crippen LogP contribution in [0.15, 0.2) is 0 Å². The molecule has 5 heteroatoms. The first kappa shape index (κ1) is 61.0. The van der Waals surface area contributed by atoms with Gasteiger partial charge >= 0.3 is 18.9 Å². The van der Waals surface area contributed by atoms with Crippen molar-refractivity contribution >= 4 is 18.9 Å². The zero-order chi connectivity index (χ0) is 0. The van der Waals surface area contributed by atoms with Gasteiger partial charge in [-0.05, 0) is 0 Å². The first-order valence-corrected chi connectivity index (χ1v) is 0. The van der Waals surface area contributed by atoms with Crippen LogP contribution >= 0.6 is 0 Å². The van der Waals surface area contributed by atoms with Crippen molar-refractivity contribution in [1.82, 2.24) is 0 Å². The fraction of sp³-hybridized carbons (Fsp3) is 0. The monoisotopic (exact) mass is 198 g/mol. The molecular formula is H3FeLiNi2O. The first-order chi connectivity index (χ1) is 0. The minimum absolute atomic E-state index is 0. The second kappa shape index (κ2) is 36.5. The Morgan fingerprint density at radius 3 is 0.800 bits per heavy atom. The van der Waals surface area contributed by atoms with E-state index in [-0.39, 0.29) is 74.4 Å². The summed E-state index contributed by atoms with van der Waals surface area (Å²) in [5.41, 5.74) is 0. The maximum atomic E-state index is 0. The van der Waals surface area contributed by atoms with E-state index in [0.29, 0.717) is 0 Å². The van der Waals surface area contributed by atoms with Crippen molar-refractivity contribution in [3.8, 4) is 0 Å². The van der Waals surface area contributed by atoms with E-state index in [4.69, 9.17) is 0 Å². The Kier molecular flexibility index (Phi) is 445. The van der Waals surface area contributed by atoms with Crippen LogP contribution in [0.1, 0.15) is 0 Å². The molecule has 0 spiro atoms. The van der Waals surface area contributed by atoms with Crippen LogP contribution in [0.3, 0.4) is 0 Å². The Bertz CT molecular complexity index is 9.61. The molecule has 0 atom stereocenters. The van der Waals surface area contributed by atoms with Crippen LogP contribution in [-0.2, 0) is 50.1 Å². The van der Waals surface area contributed by atoms with E-state index in [1.165, 1.54) is 0 Å². The Labute approximate surface area is 73.8 Å². The van der Waals surface area contributed by atoms with Gasteiger partial charge in [0.05, 0.1) is 0 Å². The van der Waals surface area contributed by atoms with Crippen LogP contribution in [0, 0.1) is 0 Å². The Hall–Kier alpha value is 2.06. The fourth-order valence-electron chi connectivity index (χ4n) is 0. The van der Waals surface area contributed by atoms with Crippen LogP contribution in [-0.4, -0.2) is 24.3 Å². The van der Waals surface area contributed by atoms with Gasteiger partial charge in [0.2, 0.25) is 0 Å². The Morgan fingerprint density at radius 1 is 0.800 bits per heavy atom. The van der Waals surface area contributed by atoms with Gasteiger partial charge in [-0.1, -0.05) is 0 Å². The summed E-state index contributed by atoms with van der Waals surface area (Å²) in [6, 6.07) is 0. The molecule has 0 unspecified atom stereocenters. The van der Waals surface area contributed by atoms with Gasteiger partial charge in [0.15, 0.2) is 0 Å². The molecular weight excluding hydrogens is 196 g/mol. The minimum atomic E-state index is 0. The van der Waals surface area contributed by atoms with Crippen LogP contribution in [0.5, 0.6) is 0 Å². The number of hydrogen-bond acceptors (Lipinski definition) is 0. The molecule has 0 aromatic heterocycles. The van der Waals surface area contributed by atoms with Crippen molar-refractivity contribution < 1.29 is 55.5 Å². The topological polar surface area (TPSA) is 31.5 Å². The normalized spacial score (nSPS) is 0. The maximum Gasteiger partial charge on any atom is 0 e. The summed E-state index contributed by atoms with van der Waals surface area (Å²) in [5.74, 6) is 0. The fourth-order valence-corrected chi connectivity index (χ4v) is 0. The molecule has 0 radical (unpaired) electrons. The van der Waals surface area contributed by atoms with Crippen LogP contribution in [0.4, 0.5) is 0 Å². The molecule has 0 bridgehead atoms. The Balaban J connectivity index is 0. The summed E-state index contributed by atoms with van der Waals surface area (Å²) in [4.78, 5) is 0. The standard InChI is InChI=1S/Fe.Li.2Ni.H2O.H/h;;;;1H2;. The molecule has 0 rings (SSSR count). The van der Waals surface area contributed by atoms with Crippen molar-refractivity contribution in [2.24, 2.45) is 0 Å². The molecule has 0 amide bonds. The number of hydrogen-bond donors (Lipinski definition) is 0. The zero-order valence-corrected chi connectivity index (χ0v) is 4.57. The van der Waals surface area contributed by atoms with Gasteiger partial charge in [-0.2, -0.15) is 0 Å². The third-order valence-electron chi connectivity index (χ3n) is 0. The summed E-state index contributed by atoms with van der Waals surface area (Å²) in [6.07, 6.45) is 0. The quantitative estimate of drug-likeness (QED) is 0.426. The smallest absolute Gasteiger partial charge is 0 e. The van der Waals surface area contributed by atoms with E-state index in [0.717, 1.165) is 0 Å². The molecule has 1 nitrogen and oxygen atoms in total. The predicted molar refractivity (Wildman–Crippen MR) is 10.8 cm³/mol. The minimum Gasteiger partial charge on any atom is 0 e. The van der Waals surface area contributed by atoms with Crippen molar-refractivity contribution in [1.29, 1.82) is 0 Å². The molecule has 0 saturated heterocycles. The van der Waals surface area contributed by atoms with Gasteiger partial charge < -0.3 is 5.48 Å².